The van der Waals surface area contributed by atoms with Crippen LogP contribution >= 0.6 is 11.8 Å². The second kappa shape index (κ2) is 9.33. The molecule has 0 saturated heterocycles. The van der Waals surface area contributed by atoms with Crippen molar-refractivity contribution in [1.29, 1.82) is 0 Å². The Morgan fingerprint density at radius 2 is 2.14 bits per heavy atom. The van der Waals surface area contributed by atoms with Gasteiger partial charge in [0.05, 0.1) is 6.26 Å². The number of nitrogens with one attached hydrogen (secondary N) is 2. The van der Waals surface area contributed by atoms with Gasteiger partial charge in [0.15, 0.2) is 0 Å². The molecule has 0 fully saturated rings. The number of urea groups is 1. The van der Waals surface area contributed by atoms with Crippen LogP contribution in [0.25, 0.3) is 0 Å². The van der Waals surface area contributed by atoms with Crippen molar-refractivity contribution in [2.75, 3.05) is 12.0 Å². The van der Waals surface area contributed by atoms with Crippen molar-refractivity contribution in [2.24, 2.45) is 0 Å². The first kappa shape index (κ1) is 17.4. The number of carbonyl (C=O) groups excluding carboxylic acids is 1. The van der Waals surface area contributed by atoms with E-state index in [2.05, 4.69) is 10.6 Å². The summed E-state index contributed by atoms with van der Waals surface area (Å²) in [6.45, 7) is 1.88. The summed E-state index contributed by atoms with van der Waals surface area (Å²) >= 11 is 1.55. The first-order chi connectivity index (χ1) is 10.0. The second-order valence-electron chi connectivity index (χ2n) is 4.81. The summed E-state index contributed by atoms with van der Waals surface area (Å²) in [5, 5.41) is 14.3. The van der Waals surface area contributed by atoms with Crippen LogP contribution in [-0.4, -0.2) is 41.2 Å². The quantitative estimate of drug-likeness (QED) is 0.649. The third-order valence-corrected chi connectivity index (χ3v) is 3.64. The Morgan fingerprint density at radius 1 is 1.38 bits per heavy atom. The van der Waals surface area contributed by atoms with Gasteiger partial charge in [-0.1, -0.05) is 0 Å². The van der Waals surface area contributed by atoms with Crippen molar-refractivity contribution in [3.05, 3.63) is 24.2 Å². The molecular formula is C14H22N2O4S. The van der Waals surface area contributed by atoms with Gasteiger partial charge in [-0.3, -0.25) is 0 Å². The third-order valence-electron chi connectivity index (χ3n) is 3.00. The summed E-state index contributed by atoms with van der Waals surface area (Å²) in [4.78, 5) is 22.8. The molecule has 2 atom stereocenters. The lowest BCUT2D eigenvalue weighted by atomic mass is 10.1. The summed E-state index contributed by atoms with van der Waals surface area (Å²) in [7, 11) is 0. The van der Waals surface area contributed by atoms with E-state index in [4.69, 9.17) is 9.52 Å². The molecule has 0 aliphatic carbocycles. The van der Waals surface area contributed by atoms with Gasteiger partial charge in [-0.25, -0.2) is 9.59 Å². The standard InChI is InChI=1S/C14H22N2O4S/c1-10(5-6-11-4-3-8-20-11)15-14(19)16-12(13(17)18)7-9-21-2/h3-4,8,10,12H,5-7,9H2,1-2H3,(H,17,18)(H2,15,16,19)/t10?,12-/m1/s1. The van der Waals surface area contributed by atoms with E-state index in [1.165, 1.54) is 0 Å². The molecule has 0 bridgehead atoms. The summed E-state index contributed by atoms with van der Waals surface area (Å²) in [5.41, 5.74) is 0. The minimum atomic E-state index is -1.01. The number of amides is 2. The average Bonchev–Trinajstić information content (AvgIpc) is 2.94. The molecule has 6 nitrogen and oxygen atoms in total. The molecule has 1 unspecified atom stereocenters. The van der Waals surface area contributed by atoms with Gasteiger partial charge in [0.25, 0.3) is 0 Å². The Hall–Kier alpha value is -1.63. The predicted octanol–water partition coefficient (Wildman–Crippen LogP) is 2.11. The highest BCUT2D eigenvalue weighted by atomic mass is 32.2. The Morgan fingerprint density at radius 3 is 2.71 bits per heavy atom. The van der Waals surface area contributed by atoms with Crippen molar-refractivity contribution in [3.8, 4) is 0 Å². The van der Waals surface area contributed by atoms with Crippen molar-refractivity contribution in [3.63, 3.8) is 0 Å². The lowest BCUT2D eigenvalue weighted by molar-refractivity contribution is -0.139. The van der Waals surface area contributed by atoms with E-state index in [1.807, 2.05) is 25.3 Å². The maximum absolute atomic E-state index is 11.8. The molecule has 0 aromatic carbocycles. The largest absolute Gasteiger partial charge is 0.480 e. The molecule has 7 heteroatoms. The molecule has 0 spiro atoms. The fraction of sp³-hybridized carbons (Fsp3) is 0.571. The Kier molecular flexibility index (Phi) is 7.74. The molecule has 1 aromatic heterocycles. The zero-order valence-electron chi connectivity index (χ0n) is 12.3. The molecule has 0 aliphatic rings. The van der Waals surface area contributed by atoms with Gasteiger partial charge in [-0.2, -0.15) is 11.8 Å². The van der Waals surface area contributed by atoms with Crippen LogP contribution in [-0.2, 0) is 11.2 Å². The van der Waals surface area contributed by atoms with Gasteiger partial charge in [-0.05, 0) is 43.9 Å². The zero-order chi connectivity index (χ0) is 15.7. The number of hydrogen-bond donors (Lipinski definition) is 3. The van der Waals surface area contributed by atoms with Crippen LogP contribution < -0.4 is 10.6 Å². The normalized spacial score (nSPS) is 13.4. The molecule has 1 aromatic rings. The molecule has 0 radical (unpaired) electrons. The van der Waals surface area contributed by atoms with Crippen LogP contribution in [0.5, 0.6) is 0 Å². The van der Waals surface area contributed by atoms with Crippen LogP contribution in [0.3, 0.4) is 0 Å². The Labute approximate surface area is 128 Å². The van der Waals surface area contributed by atoms with E-state index in [0.717, 1.165) is 18.6 Å². The number of carboxylic acid groups (broad SMARTS) is 1. The topological polar surface area (TPSA) is 91.6 Å². The van der Waals surface area contributed by atoms with Crippen LogP contribution in [0.2, 0.25) is 0 Å². The monoisotopic (exact) mass is 314 g/mol. The molecule has 118 valence electrons. The molecule has 3 N–H and O–H groups in total. The van der Waals surface area contributed by atoms with E-state index in [9.17, 15) is 9.59 Å². The second-order valence-corrected chi connectivity index (χ2v) is 5.79. The predicted molar refractivity (Wildman–Crippen MR) is 82.6 cm³/mol. The molecule has 1 rings (SSSR count). The van der Waals surface area contributed by atoms with Crippen molar-refractivity contribution >= 4 is 23.8 Å². The third kappa shape index (κ3) is 7.08. The maximum atomic E-state index is 11.8. The number of rotatable bonds is 9. The number of aliphatic carboxylic acids is 1. The van der Waals surface area contributed by atoms with Crippen LogP contribution in [0.15, 0.2) is 22.8 Å². The zero-order valence-corrected chi connectivity index (χ0v) is 13.1. The van der Waals surface area contributed by atoms with Crippen LogP contribution in [0, 0.1) is 0 Å². The van der Waals surface area contributed by atoms with Crippen molar-refractivity contribution in [2.45, 2.75) is 38.3 Å². The number of thioether (sulfide) groups is 1. The van der Waals surface area contributed by atoms with Gasteiger partial charge in [0, 0.05) is 12.5 Å². The fourth-order valence-corrected chi connectivity index (χ4v) is 2.27. The highest BCUT2D eigenvalue weighted by molar-refractivity contribution is 7.98. The smallest absolute Gasteiger partial charge is 0.326 e. The maximum Gasteiger partial charge on any atom is 0.326 e. The number of carboxylic acids is 1. The van der Waals surface area contributed by atoms with Gasteiger partial charge in [0.2, 0.25) is 0 Å². The Balaban J connectivity index is 2.31. The van der Waals surface area contributed by atoms with E-state index < -0.39 is 18.0 Å². The van der Waals surface area contributed by atoms with Gasteiger partial charge in [0.1, 0.15) is 11.8 Å². The number of furan rings is 1. The van der Waals surface area contributed by atoms with Crippen LogP contribution in [0.4, 0.5) is 4.79 Å². The summed E-state index contributed by atoms with van der Waals surface area (Å²) in [6, 6.07) is 2.34. The molecule has 0 saturated carbocycles. The van der Waals surface area contributed by atoms with Crippen molar-refractivity contribution in [1.82, 2.24) is 10.6 Å². The lowest BCUT2D eigenvalue weighted by Crippen LogP contribution is -2.48. The molecule has 2 amide bonds. The minimum absolute atomic E-state index is 0.0647. The van der Waals surface area contributed by atoms with E-state index in [0.29, 0.717) is 12.2 Å². The SMILES string of the molecule is CSCC[C@@H](NC(=O)NC(C)CCc1ccco1)C(=O)O. The van der Waals surface area contributed by atoms with Gasteiger partial charge in [-0.15, -0.1) is 0 Å². The summed E-state index contributed by atoms with van der Waals surface area (Å²) in [5.74, 6) is 0.542. The van der Waals surface area contributed by atoms with E-state index in [1.54, 1.807) is 18.0 Å². The summed E-state index contributed by atoms with van der Waals surface area (Å²) in [6.07, 6.45) is 5.37. The average molecular weight is 314 g/mol. The Bertz CT molecular complexity index is 436. The number of hydrogen-bond acceptors (Lipinski definition) is 4. The van der Waals surface area contributed by atoms with Crippen LogP contribution in [0.1, 0.15) is 25.5 Å². The first-order valence-corrected chi connectivity index (χ1v) is 8.23. The lowest BCUT2D eigenvalue weighted by Gasteiger charge is -2.18. The molecule has 21 heavy (non-hydrogen) atoms. The number of carbonyl (C=O) groups is 2. The van der Waals surface area contributed by atoms with E-state index >= 15 is 0 Å². The number of aryl methyl sites for hydroxylation is 1. The van der Waals surface area contributed by atoms with Gasteiger partial charge >= 0.3 is 12.0 Å². The van der Waals surface area contributed by atoms with Gasteiger partial charge < -0.3 is 20.2 Å². The molecule has 1 heterocycles. The minimum Gasteiger partial charge on any atom is -0.480 e. The molecule has 0 aliphatic heterocycles. The fourth-order valence-electron chi connectivity index (χ4n) is 1.80. The highest BCUT2D eigenvalue weighted by Gasteiger charge is 2.20. The summed E-state index contributed by atoms with van der Waals surface area (Å²) < 4.78 is 5.22. The highest BCUT2D eigenvalue weighted by Crippen LogP contribution is 2.06. The molecular weight excluding hydrogens is 292 g/mol. The van der Waals surface area contributed by atoms with E-state index in [-0.39, 0.29) is 6.04 Å². The first-order valence-electron chi connectivity index (χ1n) is 6.84. The van der Waals surface area contributed by atoms with Crippen molar-refractivity contribution < 1.29 is 19.1 Å².